The summed E-state index contributed by atoms with van der Waals surface area (Å²) in [7, 11) is -2.94. The van der Waals surface area contributed by atoms with E-state index in [4.69, 9.17) is 10.2 Å². The largest absolute Gasteiger partial charge is 0.367 e. The maximum atomic E-state index is 12.1. The predicted molar refractivity (Wildman–Crippen MR) is 147 cm³/mol. The summed E-state index contributed by atoms with van der Waals surface area (Å²) in [5.74, 6) is 1.74. The van der Waals surface area contributed by atoms with Gasteiger partial charge in [-0.3, -0.25) is 4.79 Å². The van der Waals surface area contributed by atoms with Gasteiger partial charge in [0.25, 0.3) is 0 Å². The highest BCUT2D eigenvalue weighted by Gasteiger charge is 2.25. The molecule has 0 bridgehead atoms. The lowest BCUT2D eigenvalue weighted by Gasteiger charge is -2.36. The standard InChI is InChI=1S/C27H33N7O3S/c1-38(36,37)19-20-5-7-21(8-6-20)30-27-29-13-10-25(31-27)34-14-11-22-23(3-2-4-24(22)34)32-15-17-33(18-16-32)26(35)9-12-28/h2-4,10-11,13-14,20-21H,5-9,15-19H2,1H3,(H,29,30,31)/t20-,21-. The van der Waals surface area contributed by atoms with Gasteiger partial charge < -0.3 is 19.7 Å². The second-order valence-corrected chi connectivity index (χ2v) is 12.5. The molecule has 1 N–H and O–H groups in total. The molecule has 2 aromatic heterocycles. The Hall–Kier alpha value is -3.65. The lowest BCUT2D eigenvalue weighted by molar-refractivity contribution is -0.130. The summed E-state index contributed by atoms with van der Waals surface area (Å²) in [6.45, 7) is 2.65. The van der Waals surface area contributed by atoms with Gasteiger partial charge in [-0.25, -0.2) is 13.4 Å². The Morgan fingerprint density at radius 2 is 1.87 bits per heavy atom. The van der Waals surface area contributed by atoms with Crippen LogP contribution in [0.2, 0.25) is 0 Å². The number of aromatic nitrogens is 3. The maximum Gasteiger partial charge on any atom is 0.236 e. The van der Waals surface area contributed by atoms with Crippen LogP contribution in [0.1, 0.15) is 32.1 Å². The molecule has 1 aliphatic heterocycles. The summed E-state index contributed by atoms with van der Waals surface area (Å²) in [4.78, 5) is 25.3. The van der Waals surface area contributed by atoms with Gasteiger partial charge in [0.15, 0.2) is 0 Å². The lowest BCUT2D eigenvalue weighted by atomic mass is 9.87. The van der Waals surface area contributed by atoms with Crippen molar-refractivity contribution in [3.05, 3.63) is 42.7 Å². The zero-order valence-electron chi connectivity index (χ0n) is 21.6. The number of piperazine rings is 1. The molecule has 2 aliphatic rings. The first-order chi connectivity index (χ1) is 18.3. The van der Waals surface area contributed by atoms with E-state index in [0.717, 1.165) is 61.2 Å². The van der Waals surface area contributed by atoms with E-state index < -0.39 is 9.84 Å². The number of carbonyl (C=O) groups excluding carboxylic acids is 1. The average molecular weight is 536 g/mol. The van der Waals surface area contributed by atoms with Gasteiger partial charge in [0, 0.05) is 61.9 Å². The minimum absolute atomic E-state index is 0.0708. The Morgan fingerprint density at radius 1 is 1.11 bits per heavy atom. The van der Waals surface area contributed by atoms with Crippen molar-refractivity contribution in [2.45, 2.75) is 38.1 Å². The van der Waals surface area contributed by atoms with Gasteiger partial charge >= 0.3 is 0 Å². The summed E-state index contributed by atoms with van der Waals surface area (Å²) in [6.07, 6.45) is 8.59. The Kier molecular flexibility index (Phi) is 7.51. The van der Waals surface area contributed by atoms with Gasteiger partial charge in [-0.1, -0.05) is 6.07 Å². The third-order valence-electron chi connectivity index (χ3n) is 7.52. The molecule has 1 saturated heterocycles. The van der Waals surface area contributed by atoms with Crippen LogP contribution in [0, 0.1) is 17.2 Å². The molecule has 2 fully saturated rings. The first-order valence-corrected chi connectivity index (χ1v) is 15.1. The van der Waals surface area contributed by atoms with E-state index in [0.29, 0.717) is 19.0 Å². The van der Waals surface area contributed by atoms with Crippen LogP contribution in [-0.2, 0) is 14.6 Å². The molecular formula is C27H33N7O3S. The van der Waals surface area contributed by atoms with Crippen molar-refractivity contribution in [2.24, 2.45) is 5.92 Å². The van der Waals surface area contributed by atoms with Crippen molar-refractivity contribution < 1.29 is 13.2 Å². The van der Waals surface area contributed by atoms with Crippen LogP contribution < -0.4 is 10.2 Å². The highest BCUT2D eigenvalue weighted by Crippen LogP contribution is 2.31. The fourth-order valence-corrected chi connectivity index (χ4v) is 6.83. The molecule has 1 aromatic carbocycles. The summed E-state index contributed by atoms with van der Waals surface area (Å²) < 4.78 is 25.3. The second-order valence-electron chi connectivity index (χ2n) is 10.3. The number of anilines is 2. The molecule has 0 atom stereocenters. The fourth-order valence-electron chi connectivity index (χ4n) is 5.64. The topological polar surface area (TPSA) is 124 Å². The maximum absolute atomic E-state index is 12.1. The van der Waals surface area contributed by atoms with Crippen molar-refractivity contribution >= 4 is 38.3 Å². The monoisotopic (exact) mass is 535 g/mol. The van der Waals surface area contributed by atoms with E-state index in [9.17, 15) is 13.2 Å². The first kappa shape index (κ1) is 26.0. The summed E-state index contributed by atoms with van der Waals surface area (Å²) >= 11 is 0. The van der Waals surface area contributed by atoms with Gasteiger partial charge in [0.05, 0.1) is 17.3 Å². The highest BCUT2D eigenvalue weighted by atomic mass is 32.2. The molecule has 1 amide bonds. The van der Waals surface area contributed by atoms with Crippen LogP contribution in [0.5, 0.6) is 0 Å². The van der Waals surface area contributed by atoms with E-state index in [2.05, 4.69) is 38.0 Å². The number of hydrogen-bond donors (Lipinski definition) is 1. The number of nitrogens with one attached hydrogen (secondary N) is 1. The van der Waals surface area contributed by atoms with Gasteiger partial charge in [0.2, 0.25) is 11.9 Å². The Bertz CT molecular complexity index is 1450. The van der Waals surface area contributed by atoms with E-state index in [1.165, 1.54) is 6.26 Å². The number of rotatable bonds is 7. The SMILES string of the molecule is CS(=O)(=O)C[C@H]1CC[C@H](Nc2nccc(-n3ccc4c(N5CCN(C(=O)CC#N)CC5)cccc43)n2)CC1. The number of amides is 1. The molecule has 200 valence electrons. The van der Waals surface area contributed by atoms with Gasteiger partial charge in [-0.2, -0.15) is 10.2 Å². The summed E-state index contributed by atoms with van der Waals surface area (Å²) in [6, 6.07) is 12.4. The molecule has 0 unspecified atom stereocenters. The number of benzene rings is 1. The van der Waals surface area contributed by atoms with Crippen LogP contribution in [0.3, 0.4) is 0 Å². The van der Waals surface area contributed by atoms with Crippen molar-refractivity contribution in [1.29, 1.82) is 5.26 Å². The molecule has 5 rings (SSSR count). The minimum atomic E-state index is -2.94. The molecule has 3 aromatic rings. The number of nitriles is 1. The molecule has 3 heterocycles. The van der Waals surface area contributed by atoms with Crippen molar-refractivity contribution in [3.8, 4) is 11.9 Å². The van der Waals surface area contributed by atoms with Crippen LogP contribution in [0.25, 0.3) is 16.7 Å². The molecule has 1 saturated carbocycles. The minimum Gasteiger partial charge on any atom is -0.367 e. The molecule has 10 nitrogen and oxygen atoms in total. The quantitative estimate of drug-likeness (QED) is 0.490. The summed E-state index contributed by atoms with van der Waals surface area (Å²) in [5.41, 5.74) is 2.16. The zero-order valence-corrected chi connectivity index (χ0v) is 22.4. The third-order valence-corrected chi connectivity index (χ3v) is 8.60. The van der Waals surface area contributed by atoms with E-state index in [1.54, 1.807) is 11.1 Å². The smallest absolute Gasteiger partial charge is 0.236 e. The predicted octanol–water partition coefficient (Wildman–Crippen LogP) is 3.00. The highest BCUT2D eigenvalue weighted by molar-refractivity contribution is 7.90. The molecule has 0 spiro atoms. The fraction of sp³-hybridized carbons (Fsp3) is 0.481. The zero-order chi connectivity index (χ0) is 26.7. The van der Waals surface area contributed by atoms with Crippen molar-refractivity contribution in [2.75, 3.05) is 48.4 Å². The number of sulfone groups is 1. The number of carbonyl (C=O) groups is 1. The van der Waals surface area contributed by atoms with Gasteiger partial charge in [-0.05, 0) is 55.9 Å². The molecule has 1 aliphatic carbocycles. The van der Waals surface area contributed by atoms with Gasteiger partial charge in [0.1, 0.15) is 22.1 Å². The number of hydrogen-bond acceptors (Lipinski definition) is 8. The van der Waals surface area contributed by atoms with Crippen LogP contribution in [-0.4, -0.2) is 78.0 Å². The average Bonchev–Trinajstić information content (AvgIpc) is 3.34. The van der Waals surface area contributed by atoms with Gasteiger partial charge in [-0.15, -0.1) is 0 Å². The van der Waals surface area contributed by atoms with E-state index in [1.807, 2.05) is 24.4 Å². The lowest BCUT2D eigenvalue weighted by Crippen LogP contribution is -2.48. The van der Waals surface area contributed by atoms with Crippen LogP contribution in [0.15, 0.2) is 42.7 Å². The number of fused-ring (bicyclic) bond motifs is 1. The Morgan fingerprint density at radius 3 is 2.58 bits per heavy atom. The number of nitrogens with zero attached hydrogens (tertiary/aromatic N) is 6. The normalized spacial score (nSPS) is 20.3. The second kappa shape index (κ2) is 11.0. The Labute approximate surface area is 223 Å². The molecule has 38 heavy (non-hydrogen) atoms. The van der Waals surface area contributed by atoms with Crippen molar-refractivity contribution in [1.82, 2.24) is 19.4 Å². The van der Waals surface area contributed by atoms with Crippen molar-refractivity contribution in [3.63, 3.8) is 0 Å². The summed E-state index contributed by atoms with van der Waals surface area (Å²) in [5, 5.41) is 13.4. The van der Waals surface area contributed by atoms with E-state index >= 15 is 0 Å². The Balaban J connectivity index is 1.28. The molecule has 0 radical (unpaired) electrons. The molecule has 11 heteroatoms. The molecular weight excluding hydrogens is 502 g/mol. The third kappa shape index (κ3) is 5.91. The van der Waals surface area contributed by atoms with Crippen LogP contribution >= 0.6 is 0 Å². The van der Waals surface area contributed by atoms with E-state index in [-0.39, 0.29) is 30.0 Å². The first-order valence-electron chi connectivity index (χ1n) is 13.1. The van der Waals surface area contributed by atoms with Crippen LogP contribution in [0.4, 0.5) is 11.6 Å².